The number of carbonyl (C=O) groups is 1. The van der Waals surface area contributed by atoms with Gasteiger partial charge in [0, 0.05) is 32.6 Å². The number of hydrogen-bond acceptors (Lipinski definition) is 3. The minimum Gasteiger partial charge on any atom is -0.506 e. The van der Waals surface area contributed by atoms with Gasteiger partial charge in [0.05, 0.1) is 5.69 Å². The first-order valence-corrected chi connectivity index (χ1v) is 9.01. The van der Waals surface area contributed by atoms with Crippen molar-refractivity contribution in [3.8, 4) is 5.75 Å². The van der Waals surface area contributed by atoms with Gasteiger partial charge < -0.3 is 14.9 Å². The first kappa shape index (κ1) is 14.9. The number of fused-ring (bicyclic) bond motifs is 2. The third kappa shape index (κ3) is 2.91. The van der Waals surface area contributed by atoms with E-state index >= 15 is 0 Å². The van der Waals surface area contributed by atoms with Gasteiger partial charge in [-0.1, -0.05) is 18.6 Å². The average Bonchev–Trinajstić information content (AvgIpc) is 3.18. The van der Waals surface area contributed by atoms with Crippen LogP contribution in [0.4, 0.5) is 5.69 Å². The fourth-order valence-electron chi connectivity index (χ4n) is 4.91. The molecule has 1 aromatic carbocycles. The summed E-state index contributed by atoms with van der Waals surface area (Å²) < 4.78 is 0. The van der Waals surface area contributed by atoms with Gasteiger partial charge in [-0.3, -0.25) is 4.79 Å². The van der Waals surface area contributed by atoms with Crippen LogP contribution in [0.25, 0.3) is 0 Å². The van der Waals surface area contributed by atoms with E-state index in [0.717, 1.165) is 50.1 Å². The van der Waals surface area contributed by atoms with E-state index in [1.807, 2.05) is 23.1 Å². The Balaban J connectivity index is 1.31. The van der Waals surface area contributed by atoms with Crippen LogP contribution >= 0.6 is 0 Å². The highest BCUT2D eigenvalue weighted by molar-refractivity contribution is 5.77. The molecule has 0 aromatic heterocycles. The number of aromatic hydroxyl groups is 1. The standard InChI is InChI=1S/C19H26N2O2/c22-18-4-2-1-3-17(18)20-7-9-21(10-8-20)19(23)13-16-12-14-5-6-15(16)11-14/h1-4,14-16,22H,5-13H2/t14-,15-,16+/m0/s1. The predicted octanol–water partition coefficient (Wildman–Crippen LogP) is 2.87. The molecule has 4 rings (SSSR count). The Morgan fingerprint density at radius 2 is 1.87 bits per heavy atom. The van der Waals surface area contributed by atoms with E-state index in [2.05, 4.69) is 4.90 Å². The molecule has 1 saturated heterocycles. The van der Waals surface area contributed by atoms with Crippen LogP contribution in [-0.4, -0.2) is 42.1 Å². The quantitative estimate of drug-likeness (QED) is 0.933. The third-order valence-electron chi connectivity index (χ3n) is 6.18. The SMILES string of the molecule is O=C(C[C@H]1C[C@H]2CC[C@H]1C2)N1CCN(c2ccccc2O)CC1. The van der Waals surface area contributed by atoms with Crippen molar-refractivity contribution in [2.24, 2.45) is 17.8 Å². The number of phenols is 1. The van der Waals surface area contributed by atoms with Crippen molar-refractivity contribution >= 4 is 11.6 Å². The van der Waals surface area contributed by atoms with E-state index in [4.69, 9.17) is 0 Å². The van der Waals surface area contributed by atoms with E-state index in [-0.39, 0.29) is 0 Å². The summed E-state index contributed by atoms with van der Waals surface area (Å²) in [6, 6.07) is 7.46. The lowest BCUT2D eigenvalue weighted by Crippen LogP contribution is -2.49. The highest BCUT2D eigenvalue weighted by atomic mass is 16.3. The molecule has 1 heterocycles. The molecule has 3 atom stereocenters. The zero-order valence-corrected chi connectivity index (χ0v) is 13.7. The third-order valence-corrected chi connectivity index (χ3v) is 6.18. The number of hydrogen-bond donors (Lipinski definition) is 1. The number of para-hydroxylation sites is 2. The molecule has 2 aliphatic carbocycles. The van der Waals surface area contributed by atoms with E-state index in [1.165, 1.54) is 25.7 Å². The maximum atomic E-state index is 12.6. The summed E-state index contributed by atoms with van der Waals surface area (Å²) in [6.07, 6.45) is 6.17. The molecule has 3 aliphatic rings. The maximum absolute atomic E-state index is 12.6. The zero-order valence-electron chi connectivity index (χ0n) is 13.7. The van der Waals surface area contributed by atoms with Crippen LogP contribution in [0.3, 0.4) is 0 Å². The smallest absolute Gasteiger partial charge is 0.222 e. The Kier molecular flexibility index (Phi) is 3.92. The van der Waals surface area contributed by atoms with Gasteiger partial charge in [0.15, 0.2) is 0 Å². The molecule has 2 bridgehead atoms. The number of benzene rings is 1. The molecule has 4 heteroatoms. The molecule has 0 unspecified atom stereocenters. The minimum absolute atomic E-state index is 0.328. The van der Waals surface area contributed by atoms with E-state index < -0.39 is 0 Å². The van der Waals surface area contributed by atoms with Crippen molar-refractivity contribution in [2.75, 3.05) is 31.1 Å². The number of amides is 1. The summed E-state index contributed by atoms with van der Waals surface area (Å²) in [5, 5.41) is 9.97. The molecule has 124 valence electrons. The normalized spacial score (nSPS) is 30.0. The fourth-order valence-corrected chi connectivity index (χ4v) is 4.91. The molecule has 1 N–H and O–H groups in total. The number of nitrogens with zero attached hydrogens (tertiary/aromatic N) is 2. The highest BCUT2D eigenvalue weighted by Gasteiger charge is 2.40. The molecule has 1 aromatic rings. The van der Waals surface area contributed by atoms with Crippen molar-refractivity contribution in [1.82, 2.24) is 4.90 Å². The van der Waals surface area contributed by atoms with Crippen molar-refractivity contribution in [1.29, 1.82) is 0 Å². The number of piperazine rings is 1. The van der Waals surface area contributed by atoms with Crippen LogP contribution < -0.4 is 4.90 Å². The summed E-state index contributed by atoms with van der Waals surface area (Å²) in [5.41, 5.74) is 0.882. The lowest BCUT2D eigenvalue weighted by molar-refractivity contribution is -0.132. The lowest BCUT2D eigenvalue weighted by atomic mass is 9.86. The van der Waals surface area contributed by atoms with Crippen LogP contribution in [-0.2, 0) is 4.79 Å². The Bertz CT molecular complexity index is 580. The van der Waals surface area contributed by atoms with E-state index in [9.17, 15) is 9.90 Å². The summed E-state index contributed by atoms with van der Waals surface area (Å²) >= 11 is 0. The molecule has 0 spiro atoms. The molecule has 3 fully saturated rings. The number of rotatable bonds is 3. The van der Waals surface area contributed by atoms with Gasteiger partial charge in [-0.15, -0.1) is 0 Å². The second kappa shape index (κ2) is 6.06. The topological polar surface area (TPSA) is 43.8 Å². The van der Waals surface area contributed by atoms with Crippen molar-refractivity contribution in [3.63, 3.8) is 0 Å². The van der Waals surface area contributed by atoms with Gasteiger partial charge in [-0.25, -0.2) is 0 Å². The van der Waals surface area contributed by atoms with Gasteiger partial charge in [-0.2, -0.15) is 0 Å². The van der Waals surface area contributed by atoms with E-state index in [1.54, 1.807) is 6.07 Å². The van der Waals surface area contributed by atoms with Gasteiger partial charge in [0.2, 0.25) is 5.91 Å². The first-order chi connectivity index (χ1) is 11.2. The largest absolute Gasteiger partial charge is 0.506 e. The van der Waals surface area contributed by atoms with Crippen LogP contribution in [0.2, 0.25) is 0 Å². The molecule has 2 saturated carbocycles. The second-order valence-electron chi connectivity index (χ2n) is 7.50. The van der Waals surface area contributed by atoms with E-state index in [0.29, 0.717) is 17.6 Å². The van der Waals surface area contributed by atoms with Gasteiger partial charge >= 0.3 is 0 Å². The lowest BCUT2D eigenvalue weighted by Gasteiger charge is -2.37. The molecule has 1 amide bonds. The average molecular weight is 314 g/mol. The molecule has 0 radical (unpaired) electrons. The molecule has 1 aliphatic heterocycles. The summed E-state index contributed by atoms with van der Waals surface area (Å²) in [4.78, 5) is 16.8. The molecular weight excluding hydrogens is 288 g/mol. The van der Waals surface area contributed by atoms with Crippen molar-refractivity contribution in [2.45, 2.75) is 32.1 Å². The highest BCUT2D eigenvalue weighted by Crippen LogP contribution is 2.49. The summed E-state index contributed by atoms with van der Waals surface area (Å²) in [5.74, 6) is 3.06. The molecule has 23 heavy (non-hydrogen) atoms. The molecule has 4 nitrogen and oxygen atoms in total. The summed E-state index contributed by atoms with van der Waals surface area (Å²) in [6.45, 7) is 3.15. The van der Waals surface area contributed by atoms with Crippen molar-refractivity contribution < 1.29 is 9.90 Å². The minimum atomic E-state index is 0.328. The Hall–Kier alpha value is -1.71. The number of carbonyl (C=O) groups excluding carboxylic acids is 1. The van der Waals surface area contributed by atoms with Crippen molar-refractivity contribution in [3.05, 3.63) is 24.3 Å². The van der Waals surface area contributed by atoms with Gasteiger partial charge in [0.1, 0.15) is 5.75 Å². The van der Waals surface area contributed by atoms with Gasteiger partial charge in [-0.05, 0) is 49.1 Å². The predicted molar refractivity (Wildman–Crippen MR) is 90.5 cm³/mol. The van der Waals surface area contributed by atoms with Crippen LogP contribution in [0, 0.1) is 17.8 Å². The Morgan fingerprint density at radius 3 is 2.52 bits per heavy atom. The fraction of sp³-hybridized carbons (Fsp3) is 0.632. The van der Waals surface area contributed by atoms with Gasteiger partial charge in [0.25, 0.3) is 0 Å². The van der Waals surface area contributed by atoms with Crippen LogP contribution in [0.15, 0.2) is 24.3 Å². The number of phenolic OH excluding ortho intramolecular Hbond substituents is 1. The van der Waals surface area contributed by atoms with Crippen LogP contribution in [0.5, 0.6) is 5.75 Å². The molecular formula is C19H26N2O2. The monoisotopic (exact) mass is 314 g/mol. The Morgan fingerprint density at radius 1 is 1.09 bits per heavy atom. The Labute approximate surface area is 138 Å². The zero-order chi connectivity index (χ0) is 15.8. The maximum Gasteiger partial charge on any atom is 0.222 e. The first-order valence-electron chi connectivity index (χ1n) is 9.01. The number of anilines is 1. The second-order valence-corrected chi connectivity index (χ2v) is 7.50. The van der Waals surface area contributed by atoms with Crippen LogP contribution in [0.1, 0.15) is 32.1 Å². The summed E-state index contributed by atoms with van der Waals surface area (Å²) in [7, 11) is 0.